The lowest BCUT2D eigenvalue weighted by Crippen LogP contribution is -2.40. The van der Waals surface area contributed by atoms with Gasteiger partial charge in [0, 0.05) is 12.8 Å². The van der Waals surface area contributed by atoms with E-state index in [0.29, 0.717) is 17.4 Å². The van der Waals surface area contributed by atoms with Gasteiger partial charge in [-0.05, 0) is 103 Å². The number of likely N-dealkylation sites (N-methyl/N-ethyl adjacent to an activating group) is 1. The van der Waals surface area contributed by atoms with Gasteiger partial charge in [-0.15, -0.1) is 0 Å². The van der Waals surface area contributed by atoms with Gasteiger partial charge in [-0.1, -0.05) is 200 Å². The number of ether oxygens (including phenoxy) is 4. The number of quaternary nitrogens is 1. The average molecular weight is 992 g/mol. The Kier molecular flexibility index (Phi) is 49.3. The van der Waals surface area contributed by atoms with Crippen LogP contribution in [0.1, 0.15) is 206 Å². The first-order valence-corrected chi connectivity index (χ1v) is 28.1. The third kappa shape index (κ3) is 53.6. The van der Waals surface area contributed by atoms with E-state index in [1.54, 1.807) is 0 Å². The summed E-state index contributed by atoms with van der Waals surface area (Å²) in [5, 5.41) is 9.70. The van der Waals surface area contributed by atoms with Gasteiger partial charge in [0.15, 0.2) is 6.10 Å². The molecule has 0 aliphatic rings. The van der Waals surface area contributed by atoms with E-state index in [1.807, 2.05) is 21.1 Å². The van der Waals surface area contributed by atoms with Crippen molar-refractivity contribution in [2.24, 2.45) is 0 Å². The van der Waals surface area contributed by atoms with Crippen LogP contribution in [0.4, 0.5) is 0 Å². The van der Waals surface area contributed by atoms with Crippen LogP contribution in [0.25, 0.3) is 0 Å². The lowest BCUT2D eigenvalue weighted by atomic mass is 10.1. The Labute approximate surface area is 434 Å². The van der Waals surface area contributed by atoms with Crippen LogP contribution in [-0.4, -0.2) is 87.4 Å². The van der Waals surface area contributed by atoms with Gasteiger partial charge in [-0.3, -0.25) is 9.59 Å². The van der Waals surface area contributed by atoms with Crippen molar-refractivity contribution in [3.8, 4) is 0 Å². The molecule has 71 heavy (non-hydrogen) atoms. The number of rotatable bonds is 50. The number of esters is 2. The van der Waals surface area contributed by atoms with Crippen molar-refractivity contribution in [3.05, 3.63) is 109 Å². The SMILES string of the molecule is CC/C=C\C/C=C\C/C=C\C/C=C\C/C=C\C/C=C\CCCCCCCCCCC(=O)OC(COC(=O)CCCCCCCC/C=C\C/C=C\C/C=C\CCCCC)COC(OCC[N+](C)(C)C)C(=O)O. The quantitative estimate of drug-likeness (QED) is 0.0211. The highest BCUT2D eigenvalue weighted by Gasteiger charge is 2.25. The molecule has 0 aromatic carbocycles. The normalized spacial score (nSPS) is 13.6. The minimum Gasteiger partial charge on any atom is -0.477 e. The number of hydrogen-bond acceptors (Lipinski definition) is 7. The molecule has 0 aromatic rings. The summed E-state index contributed by atoms with van der Waals surface area (Å²) < 4.78 is 22.8. The van der Waals surface area contributed by atoms with Crippen molar-refractivity contribution in [1.29, 1.82) is 0 Å². The fourth-order valence-electron chi connectivity index (χ4n) is 7.20. The molecule has 9 heteroatoms. The molecule has 2 unspecified atom stereocenters. The maximum absolute atomic E-state index is 12.9. The molecular formula is C62H104NO8+. The topological polar surface area (TPSA) is 108 Å². The highest BCUT2D eigenvalue weighted by Crippen LogP contribution is 2.14. The second kappa shape index (κ2) is 52.3. The smallest absolute Gasteiger partial charge is 0.361 e. The van der Waals surface area contributed by atoms with Crippen LogP contribution >= 0.6 is 0 Å². The fraction of sp³-hybridized carbons (Fsp3) is 0.661. The van der Waals surface area contributed by atoms with Crippen LogP contribution in [0, 0.1) is 0 Å². The first-order valence-electron chi connectivity index (χ1n) is 28.1. The molecule has 0 fully saturated rings. The molecule has 0 aliphatic carbocycles. The summed E-state index contributed by atoms with van der Waals surface area (Å²) >= 11 is 0. The van der Waals surface area contributed by atoms with Crippen molar-refractivity contribution in [1.82, 2.24) is 0 Å². The Bertz CT molecular complexity index is 1530. The molecule has 1 N–H and O–H groups in total. The summed E-state index contributed by atoms with van der Waals surface area (Å²) in [6, 6.07) is 0. The monoisotopic (exact) mass is 991 g/mol. The van der Waals surface area contributed by atoms with Gasteiger partial charge in [-0.2, -0.15) is 0 Å². The molecule has 9 nitrogen and oxygen atoms in total. The van der Waals surface area contributed by atoms with Gasteiger partial charge in [0.1, 0.15) is 13.2 Å². The largest absolute Gasteiger partial charge is 0.477 e. The summed E-state index contributed by atoms with van der Waals surface area (Å²) in [5.41, 5.74) is 0. The maximum Gasteiger partial charge on any atom is 0.361 e. The van der Waals surface area contributed by atoms with Gasteiger partial charge in [0.2, 0.25) is 0 Å². The molecule has 0 rings (SSSR count). The second-order valence-corrected chi connectivity index (χ2v) is 19.5. The first-order chi connectivity index (χ1) is 34.6. The van der Waals surface area contributed by atoms with E-state index in [4.69, 9.17) is 18.9 Å². The van der Waals surface area contributed by atoms with Crippen LogP contribution < -0.4 is 0 Å². The van der Waals surface area contributed by atoms with Gasteiger partial charge in [0.05, 0.1) is 34.4 Å². The lowest BCUT2D eigenvalue weighted by Gasteiger charge is -2.25. The number of nitrogens with zero attached hydrogens (tertiary/aromatic N) is 1. The standard InChI is InChI=1S/C62H103NO8/c1-6-8-10-12-14-16-18-20-22-24-26-27-28-29-30-31-32-33-35-37-39-41-43-45-47-49-51-53-60(65)71-58(57-70-62(61(66)67)68-55-54-63(3,4)5)56-69-59(64)52-50-48-46-44-42-40-38-36-34-25-23-21-19-17-15-13-11-9-7-2/h8,10,14-17,20-23,26-27,29-30,32-34,36,58,62H,6-7,9,11-13,18-19,24-25,28,31,35,37-57H2,1-5H3/p+1/b10-8-,16-14-,17-15-,22-20-,23-21-,27-26-,30-29-,33-32-,36-34-. The number of carboxylic acid groups (broad SMARTS) is 1. The molecule has 0 amide bonds. The van der Waals surface area contributed by atoms with Crippen LogP contribution in [0.2, 0.25) is 0 Å². The molecule has 0 aromatic heterocycles. The van der Waals surface area contributed by atoms with Crippen LogP contribution in [0.15, 0.2) is 109 Å². The van der Waals surface area contributed by atoms with Crippen molar-refractivity contribution < 1.29 is 42.9 Å². The Morgan fingerprint density at radius 2 is 0.803 bits per heavy atom. The highest BCUT2D eigenvalue weighted by atomic mass is 16.7. The number of carbonyl (C=O) groups excluding carboxylic acids is 2. The molecule has 0 heterocycles. The third-order valence-corrected chi connectivity index (χ3v) is 11.5. The summed E-state index contributed by atoms with van der Waals surface area (Å²) in [5.74, 6) is -2.05. The van der Waals surface area contributed by atoms with Crippen molar-refractivity contribution in [3.63, 3.8) is 0 Å². The van der Waals surface area contributed by atoms with E-state index < -0.39 is 24.3 Å². The number of hydrogen-bond donors (Lipinski definition) is 1. The zero-order valence-corrected chi connectivity index (χ0v) is 45.8. The van der Waals surface area contributed by atoms with E-state index in [0.717, 1.165) is 109 Å². The summed E-state index contributed by atoms with van der Waals surface area (Å²) in [6.07, 6.45) is 68.6. The molecule has 2 atom stereocenters. The zero-order chi connectivity index (χ0) is 52.0. The van der Waals surface area contributed by atoms with Gasteiger partial charge in [0.25, 0.3) is 6.29 Å². The van der Waals surface area contributed by atoms with Gasteiger partial charge in [-0.25, -0.2) is 4.79 Å². The second-order valence-electron chi connectivity index (χ2n) is 19.5. The van der Waals surface area contributed by atoms with E-state index in [-0.39, 0.29) is 38.6 Å². The molecule has 0 spiro atoms. The Hall–Kier alpha value is -4.05. The van der Waals surface area contributed by atoms with Gasteiger partial charge < -0.3 is 28.5 Å². The highest BCUT2D eigenvalue weighted by molar-refractivity contribution is 5.71. The van der Waals surface area contributed by atoms with E-state index in [2.05, 4.69) is 123 Å². The third-order valence-electron chi connectivity index (χ3n) is 11.5. The minimum absolute atomic E-state index is 0.177. The number of carbonyl (C=O) groups is 3. The number of unbranched alkanes of at least 4 members (excludes halogenated alkanes) is 17. The number of aliphatic carboxylic acids is 1. The predicted octanol–water partition coefficient (Wildman–Crippen LogP) is 16.3. The zero-order valence-electron chi connectivity index (χ0n) is 45.8. The number of allylic oxidation sites excluding steroid dienone is 18. The fourth-order valence-corrected chi connectivity index (χ4v) is 7.20. The van der Waals surface area contributed by atoms with Crippen LogP contribution in [-0.2, 0) is 33.3 Å². The predicted molar refractivity (Wildman–Crippen MR) is 299 cm³/mol. The van der Waals surface area contributed by atoms with Gasteiger partial charge >= 0.3 is 17.9 Å². The van der Waals surface area contributed by atoms with Crippen LogP contribution in [0.5, 0.6) is 0 Å². The Balaban J connectivity index is 4.34. The number of carboxylic acids is 1. The molecule has 404 valence electrons. The Morgan fingerprint density at radius 1 is 0.437 bits per heavy atom. The molecule has 0 aliphatic heterocycles. The van der Waals surface area contributed by atoms with E-state index >= 15 is 0 Å². The average Bonchev–Trinajstić information content (AvgIpc) is 3.34. The first kappa shape index (κ1) is 67.0. The summed E-state index contributed by atoms with van der Waals surface area (Å²) in [4.78, 5) is 37.4. The van der Waals surface area contributed by atoms with Crippen LogP contribution in [0.3, 0.4) is 0 Å². The molecule has 0 radical (unpaired) electrons. The molecule has 0 bridgehead atoms. The Morgan fingerprint density at radius 3 is 1.20 bits per heavy atom. The lowest BCUT2D eigenvalue weighted by molar-refractivity contribution is -0.870. The summed E-state index contributed by atoms with van der Waals surface area (Å²) in [7, 11) is 5.95. The maximum atomic E-state index is 12.9. The summed E-state index contributed by atoms with van der Waals surface area (Å²) in [6.45, 7) is 4.69. The molecular weight excluding hydrogens is 887 g/mol. The molecule has 0 saturated heterocycles. The van der Waals surface area contributed by atoms with E-state index in [1.165, 1.54) is 64.2 Å². The minimum atomic E-state index is -1.52. The van der Waals surface area contributed by atoms with E-state index in [9.17, 15) is 19.5 Å². The van der Waals surface area contributed by atoms with Crippen molar-refractivity contribution in [2.45, 2.75) is 219 Å². The van der Waals surface area contributed by atoms with Crippen molar-refractivity contribution in [2.75, 3.05) is 47.5 Å². The molecule has 0 saturated carbocycles. The van der Waals surface area contributed by atoms with Crippen molar-refractivity contribution >= 4 is 17.9 Å².